The number of fused-ring (bicyclic) bond motifs is 1. The molecule has 1 saturated heterocycles. The predicted octanol–water partition coefficient (Wildman–Crippen LogP) is -0.371. The van der Waals surface area contributed by atoms with Gasteiger partial charge in [0.15, 0.2) is 16.0 Å². The summed E-state index contributed by atoms with van der Waals surface area (Å²) in [5.74, 6) is -4.53. The molecule has 2 aliphatic rings. The average molecular weight is 612 g/mol. The lowest BCUT2D eigenvalue weighted by Crippen LogP contribution is -2.71. The molecular weight excluding hydrogens is 590 g/mol. The summed E-state index contributed by atoms with van der Waals surface area (Å²) < 4.78 is 0. The quantitative estimate of drug-likeness (QED) is 0.0659. The molecule has 4 heterocycles. The lowest BCUT2D eigenvalue weighted by Gasteiger charge is -2.49. The van der Waals surface area contributed by atoms with Gasteiger partial charge < -0.3 is 36.2 Å². The van der Waals surface area contributed by atoms with Gasteiger partial charge in [-0.3, -0.25) is 19.3 Å². The van der Waals surface area contributed by atoms with Gasteiger partial charge in [0.1, 0.15) is 17.1 Å². The molecule has 0 aliphatic carbocycles. The highest BCUT2D eigenvalue weighted by Crippen LogP contribution is 2.41. The largest absolute Gasteiger partial charge is 0.493 e. The molecule has 4 rings (SSSR count). The fraction of sp³-hybridized carbons (Fsp3) is 0.333. The Morgan fingerprint density at radius 1 is 1.35 bits per heavy atom. The number of carbonyl (C=O) groups is 4. The van der Waals surface area contributed by atoms with Crippen LogP contribution in [0.4, 0.5) is 5.13 Å². The van der Waals surface area contributed by atoms with E-state index in [-0.39, 0.29) is 38.1 Å². The second-order valence-corrected chi connectivity index (χ2v) is 11.9. The van der Waals surface area contributed by atoms with Crippen LogP contribution in [0.5, 0.6) is 5.88 Å². The Labute approximate surface area is 236 Å². The number of nitrogens with one attached hydrogen (secondary N) is 2. The van der Waals surface area contributed by atoms with E-state index >= 15 is 0 Å². The van der Waals surface area contributed by atoms with E-state index in [2.05, 4.69) is 25.4 Å². The number of nitrogens with zero attached hydrogens (tertiary/aromatic N) is 4. The molecule has 2 unspecified atom stereocenters. The van der Waals surface area contributed by atoms with E-state index in [9.17, 15) is 39.3 Å². The number of oxime groups is 1. The molecular formula is C21H21N7O9S3. The van der Waals surface area contributed by atoms with E-state index in [4.69, 9.17) is 10.6 Å². The van der Waals surface area contributed by atoms with Crippen molar-refractivity contribution in [2.24, 2.45) is 5.16 Å². The first-order valence-electron chi connectivity index (χ1n) is 11.1. The van der Waals surface area contributed by atoms with Crippen LogP contribution in [0.3, 0.4) is 0 Å². The summed E-state index contributed by atoms with van der Waals surface area (Å²) in [5.41, 5.74) is 3.04. The maximum Gasteiger partial charge on any atom is 0.352 e. The lowest BCUT2D eigenvalue weighted by atomic mass is 10.0. The molecule has 0 saturated carbocycles. The molecule has 212 valence electrons. The number of aromatic amines is 1. The van der Waals surface area contributed by atoms with Gasteiger partial charge in [-0.25, -0.2) is 14.6 Å². The predicted molar refractivity (Wildman–Crippen MR) is 143 cm³/mol. The summed E-state index contributed by atoms with van der Waals surface area (Å²) >= 11 is 3.07. The SMILES string of the molecule is CC(C)(O/N=C(\C(=O)NC1C(=O)N2C(C(=O)O)=C(CSc3nc(O)cc(=O)[nH]3)CSC12)c1cnc(N)s1)C(=O)O. The van der Waals surface area contributed by atoms with Crippen LogP contribution < -0.4 is 16.6 Å². The third-order valence-electron chi connectivity index (χ3n) is 5.48. The number of aromatic nitrogens is 3. The van der Waals surface area contributed by atoms with Gasteiger partial charge in [0.2, 0.25) is 11.5 Å². The molecule has 2 aliphatic heterocycles. The molecule has 2 amide bonds. The van der Waals surface area contributed by atoms with E-state index in [0.29, 0.717) is 5.57 Å². The minimum Gasteiger partial charge on any atom is -0.493 e. The van der Waals surface area contributed by atoms with E-state index in [1.807, 2.05) is 0 Å². The van der Waals surface area contributed by atoms with Crippen molar-refractivity contribution in [3.05, 3.63) is 38.8 Å². The number of carbonyl (C=O) groups excluding carboxylic acids is 2. The molecule has 0 aromatic carbocycles. The van der Waals surface area contributed by atoms with Gasteiger partial charge in [-0.15, -0.1) is 11.8 Å². The number of nitrogen functional groups attached to an aromatic ring is 1. The first-order valence-corrected chi connectivity index (χ1v) is 14.0. The fourth-order valence-electron chi connectivity index (χ4n) is 3.44. The van der Waals surface area contributed by atoms with Crippen molar-refractivity contribution in [1.82, 2.24) is 25.2 Å². The number of carboxylic acids is 2. The third kappa shape index (κ3) is 5.89. The van der Waals surface area contributed by atoms with Crippen molar-refractivity contribution < 1.29 is 39.3 Å². The smallest absolute Gasteiger partial charge is 0.352 e. The van der Waals surface area contributed by atoms with Gasteiger partial charge in [0, 0.05) is 17.7 Å². The fourth-order valence-corrected chi connectivity index (χ4v) is 6.46. The number of aliphatic carboxylic acids is 2. The van der Waals surface area contributed by atoms with Gasteiger partial charge >= 0.3 is 11.9 Å². The van der Waals surface area contributed by atoms with Crippen LogP contribution in [-0.4, -0.2) is 93.2 Å². The molecule has 2 atom stereocenters. The monoisotopic (exact) mass is 611 g/mol. The highest BCUT2D eigenvalue weighted by Gasteiger charge is 2.54. The van der Waals surface area contributed by atoms with E-state index < -0.39 is 52.2 Å². The normalized spacial score (nSPS) is 19.1. The number of anilines is 1. The molecule has 0 spiro atoms. The number of nitrogens with two attached hydrogens (primary N) is 1. The van der Waals surface area contributed by atoms with Gasteiger partial charge in [0.05, 0.1) is 10.9 Å². The Kier molecular flexibility index (Phi) is 8.08. The van der Waals surface area contributed by atoms with Crippen LogP contribution in [0, 0.1) is 0 Å². The maximum absolute atomic E-state index is 13.2. The Hall–Kier alpha value is -4.10. The van der Waals surface area contributed by atoms with E-state index in [1.54, 1.807) is 0 Å². The van der Waals surface area contributed by atoms with Crippen molar-refractivity contribution in [3.8, 4) is 5.88 Å². The molecule has 2 aromatic heterocycles. The van der Waals surface area contributed by atoms with Crippen LogP contribution in [-0.2, 0) is 24.0 Å². The molecule has 0 radical (unpaired) electrons. The molecule has 16 nitrogen and oxygen atoms in total. The van der Waals surface area contributed by atoms with Gasteiger partial charge in [-0.05, 0) is 19.4 Å². The number of thiazole rings is 1. The zero-order valence-corrected chi connectivity index (χ0v) is 23.1. The summed E-state index contributed by atoms with van der Waals surface area (Å²) in [4.78, 5) is 77.6. The van der Waals surface area contributed by atoms with Crippen LogP contribution in [0.15, 0.2) is 38.6 Å². The number of H-pyrrole nitrogens is 1. The molecule has 1 fully saturated rings. The second kappa shape index (κ2) is 11.2. The Bertz CT molecular complexity index is 1520. The first-order chi connectivity index (χ1) is 18.8. The maximum atomic E-state index is 13.2. The number of β-lactam (4-membered cyclic amide) rings is 1. The number of amides is 2. The van der Waals surface area contributed by atoms with Crippen LogP contribution in [0.2, 0.25) is 0 Å². The molecule has 7 N–H and O–H groups in total. The van der Waals surface area contributed by atoms with Gasteiger partial charge in [-0.1, -0.05) is 28.3 Å². The van der Waals surface area contributed by atoms with Crippen LogP contribution >= 0.6 is 34.9 Å². The Morgan fingerprint density at radius 3 is 2.67 bits per heavy atom. The Balaban J connectivity index is 1.52. The van der Waals surface area contributed by atoms with Crippen molar-refractivity contribution in [2.75, 3.05) is 17.2 Å². The summed E-state index contributed by atoms with van der Waals surface area (Å²) in [6.45, 7) is 2.45. The van der Waals surface area contributed by atoms with E-state index in [1.165, 1.54) is 31.8 Å². The van der Waals surface area contributed by atoms with Crippen molar-refractivity contribution in [1.29, 1.82) is 0 Å². The topological polar surface area (TPSA) is 250 Å². The summed E-state index contributed by atoms with van der Waals surface area (Å²) in [6, 6.07) is -0.229. The van der Waals surface area contributed by atoms with E-state index in [0.717, 1.165) is 34.1 Å². The third-order valence-corrected chi connectivity index (χ3v) is 8.61. The molecule has 0 bridgehead atoms. The average Bonchev–Trinajstić information content (AvgIpc) is 3.30. The minimum absolute atomic E-state index is 0.0505. The molecule has 40 heavy (non-hydrogen) atoms. The summed E-state index contributed by atoms with van der Waals surface area (Å²) in [7, 11) is 0. The van der Waals surface area contributed by atoms with Gasteiger partial charge in [0.25, 0.3) is 17.4 Å². The Morgan fingerprint density at radius 2 is 2.08 bits per heavy atom. The zero-order chi connectivity index (χ0) is 29.4. The van der Waals surface area contributed by atoms with Crippen LogP contribution in [0.25, 0.3) is 0 Å². The van der Waals surface area contributed by atoms with Crippen molar-refractivity contribution in [3.63, 3.8) is 0 Å². The highest BCUT2D eigenvalue weighted by atomic mass is 32.2. The first kappa shape index (κ1) is 28.9. The molecule has 2 aromatic rings. The van der Waals surface area contributed by atoms with Crippen molar-refractivity contribution >= 4 is 69.5 Å². The molecule has 19 heteroatoms. The summed E-state index contributed by atoms with van der Waals surface area (Å²) in [5, 5.41) is 34.3. The second-order valence-electron chi connectivity index (χ2n) is 8.73. The minimum atomic E-state index is -1.78. The number of hydrogen-bond acceptors (Lipinski definition) is 14. The number of rotatable bonds is 10. The van der Waals surface area contributed by atoms with Gasteiger partial charge in [-0.2, -0.15) is 4.98 Å². The number of carboxylic acid groups (broad SMARTS) is 2. The number of thioether (sulfide) groups is 2. The number of hydrogen-bond donors (Lipinski definition) is 6. The highest BCUT2D eigenvalue weighted by molar-refractivity contribution is 8.01. The standard InChI is InChI=1S/C21H21N7O9S3/c1-21(2,18(35)36)37-27-11(8-4-23-19(22)40-8)14(31)26-12-15(32)28-13(17(33)34)7(5-38-16(12)28)6-39-20-24-9(29)3-10(30)25-20/h3-4,12,16H,5-6H2,1-2H3,(H2,22,23)(H,26,31)(H,33,34)(H,35,36)(H2,24,25,29,30)/b27-11-. The number of aromatic hydroxyl groups is 1. The van der Waals surface area contributed by atoms with Crippen LogP contribution in [0.1, 0.15) is 18.7 Å². The lowest BCUT2D eigenvalue weighted by molar-refractivity contribution is -0.161. The zero-order valence-electron chi connectivity index (χ0n) is 20.6. The summed E-state index contributed by atoms with van der Waals surface area (Å²) in [6.07, 6.45) is 1.24. The van der Waals surface area contributed by atoms with Crippen molar-refractivity contribution in [2.45, 2.75) is 36.0 Å².